The van der Waals surface area contributed by atoms with Gasteiger partial charge in [-0.25, -0.2) is 0 Å². The van der Waals surface area contributed by atoms with E-state index >= 15 is 0 Å². The van der Waals surface area contributed by atoms with E-state index in [1.165, 1.54) is 11.8 Å². The molecule has 0 heterocycles. The molecule has 0 atom stereocenters. The van der Waals surface area contributed by atoms with Crippen molar-refractivity contribution < 1.29 is 9.59 Å². The van der Waals surface area contributed by atoms with E-state index in [1.807, 2.05) is 76.2 Å². The number of carbonyl (C=O) groups excluding carboxylic acids is 2. The van der Waals surface area contributed by atoms with Crippen molar-refractivity contribution in [2.45, 2.75) is 39.0 Å². The van der Waals surface area contributed by atoms with Crippen LogP contribution in [0.2, 0.25) is 0 Å². The maximum absolute atomic E-state index is 12.1. The van der Waals surface area contributed by atoms with Crippen molar-refractivity contribution in [1.82, 2.24) is 0 Å². The number of anilines is 2. The molecule has 0 aliphatic carbocycles. The summed E-state index contributed by atoms with van der Waals surface area (Å²) in [5.41, 5.74) is 2.66. The number of carbonyl (C=O) groups is 2. The lowest BCUT2D eigenvalue weighted by Crippen LogP contribution is -2.19. The van der Waals surface area contributed by atoms with Crippen molar-refractivity contribution >= 4 is 35.0 Å². The summed E-state index contributed by atoms with van der Waals surface area (Å²) < 4.78 is 0. The number of benzene rings is 2. The van der Waals surface area contributed by atoms with Crippen LogP contribution in [0.3, 0.4) is 0 Å². The standard InChI is InChI=1S/C21H26N2O2S/c1-15-6-5-7-17(12-15)23-20(25)14-26-18-10-8-16(9-11-18)22-19(24)13-21(2,3)4/h5-12H,13-14H2,1-4H3,(H,22,24)(H,23,25). The van der Waals surface area contributed by atoms with Gasteiger partial charge in [0.25, 0.3) is 0 Å². The van der Waals surface area contributed by atoms with Crippen LogP contribution in [0.4, 0.5) is 11.4 Å². The van der Waals surface area contributed by atoms with Crippen molar-refractivity contribution in [3.63, 3.8) is 0 Å². The molecular weight excluding hydrogens is 344 g/mol. The fourth-order valence-corrected chi connectivity index (χ4v) is 3.09. The molecular formula is C21H26N2O2S. The Hall–Kier alpha value is -2.27. The Morgan fingerprint density at radius 2 is 1.58 bits per heavy atom. The predicted molar refractivity (Wildman–Crippen MR) is 110 cm³/mol. The summed E-state index contributed by atoms with van der Waals surface area (Å²) in [7, 11) is 0. The first kappa shape index (κ1) is 20.0. The number of thioether (sulfide) groups is 1. The maximum atomic E-state index is 12.1. The zero-order chi connectivity index (χ0) is 19.2. The van der Waals surface area contributed by atoms with Gasteiger partial charge in [-0.1, -0.05) is 32.9 Å². The molecule has 26 heavy (non-hydrogen) atoms. The highest BCUT2D eigenvalue weighted by atomic mass is 32.2. The van der Waals surface area contributed by atoms with Gasteiger partial charge in [0, 0.05) is 22.7 Å². The lowest BCUT2D eigenvalue weighted by atomic mass is 9.92. The smallest absolute Gasteiger partial charge is 0.234 e. The number of hydrogen-bond acceptors (Lipinski definition) is 3. The first-order valence-corrected chi connectivity index (χ1v) is 9.59. The summed E-state index contributed by atoms with van der Waals surface area (Å²) in [4.78, 5) is 25.0. The topological polar surface area (TPSA) is 58.2 Å². The molecule has 2 amide bonds. The average molecular weight is 371 g/mol. The van der Waals surface area contributed by atoms with Crippen LogP contribution in [0.5, 0.6) is 0 Å². The largest absolute Gasteiger partial charge is 0.326 e. The normalized spacial score (nSPS) is 11.1. The van der Waals surface area contributed by atoms with Crippen LogP contribution in [0.25, 0.3) is 0 Å². The van der Waals surface area contributed by atoms with Gasteiger partial charge in [0.15, 0.2) is 0 Å². The Morgan fingerprint density at radius 1 is 0.923 bits per heavy atom. The third-order valence-electron chi connectivity index (χ3n) is 3.50. The van der Waals surface area contributed by atoms with Crippen LogP contribution in [-0.4, -0.2) is 17.6 Å². The van der Waals surface area contributed by atoms with E-state index in [1.54, 1.807) is 0 Å². The van der Waals surface area contributed by atoms with Crippen LogP contribution in [0, 0.1) is 12.3 Å². The predicted octanol–water partition coefficient (Wildman–Crippen LogP) is 5.10. The van der Waals surface area contributed by atoms with Gasteiger partial charge < -0.3 is 10.6 Å². The molecule has 0 radical (unpaired) electrons. The summed E-state index contributed by atoms with van der Waals surface area (Å²) in [6.45, 7) is 8.10. The Kier molecular flexibility index (Phi) is 6.86. The zero-order valence-electron chi connectivity index (χ0n) is 15.8. The van der Waals surface area contributed by atoms with E-state index in [9.17, 15) is 9.59 Å². The molecule has 2 aromatic carbocycles. The van der Waals surface area contributed by atoms with E-state index in [0.717, 1.165) is 21.8 Å². The van der Waals surface area contributed by atoms with Crippen LogP contribution in [0.1, 0.15) is 32.8 Å². The Labute approximate surface area is 159 Å². The van der Waals surface area contributed by atoms with Gasteiger partial charge in [-0.15, -0.1) is 11.8 Å². The van der Waals surface area contributed by atoms with E-state index in [0.29, 0.717) is 12.2 Å². The Bertz CT molecular complexity index is 764. The molecule has 138 valence electrons. The van der Waals surface area contributed by atoms with Crippen molar-refractivity contribution in [1.29, 1.82) is 0 Å². The van der Waals surface area contributed by atoms with Gasteiger partial charge in [-0.2, -0.15) is 0 Å². The minimum Gasteiger partial charge on any atom is -0.326 e. The highest BCUT2D eigenvalue weighted by Gasteiger charge is 2.15. The third kappa shape index (κ3) is 7.31. The molecule has 0 saturated heterocycles. The lowest BCUT2D eigenvalue weighted by molar-refractivity contribution is -0.118. The molecule has 0 fully saturated rings. The lowest BCUT2D eigenvalue weighted by Gasteiger charge is -2.17. The van der Waals surface area contributed by atoms with E-state index in [-0.39, 0.29) is 17.2 Å². The van der Waals surface area contributed by atoms with Gasteiger partial charge in [0.2, 0.25) is 11.8 Å². The van der Waals surface area contributed by atoms with Gasteiger partial charge in [-0.05, 0) is 54.3 Å². The highest BCUT2D eigenvalue weighted by Crippen LogP contribution is 2.23. The molecule has 0 spiro atoms. The average Bonchev–Trinajstić information content (AvgIpc) is 2.52. The maximum Gasteiger partial charge on any atom is 0.234 e. The van der Waals surface area contributed by atoms with Crippen LogP contribution in [-0.2, 0) is 9.59 Å². The number of amides is 2. The third-order valence-corrected chi connectivity index (χ3v) is 4.51. The number of nitrogens with one attached hydrogen (secondary N) is 2. The molecule has 0 aromatic heterocycles. The number of aryl methyl sites for hydroxylation is 1. The molecule has 0 bridgehead atoms. The van der Waals surface area contributed by atoms with Crippen molar-refractivity contribution in [2.75, 3.05) is 16.4 Å². The van der Waals surface area contributed by atoms with Crippen LogP contribution < -0.4 is 10.6 Å². The molecule has 5 heteroatoms. The minimum absolute atomic E-state index is 0.00966. The second-order valence-corrected chi connectivity index (χ2v) is 8.57. The van der Waals surface area contributed by atoms with Gasteiger partial charge in [0.05, 0.1) is 5.75 Å². The Morgan fingerprint density at radius 3 is 2.19 bits per heavy atom. The minimum atomic E-state index is -0.0387. The van der Waals surface area contributed by atoms with E-state index in [4.69, 9.17) is 0 Å². The fourth-order valence-electron chi connectivity index (χ4n) is 2.39. The quantitative estimate of drug-likeness (QED) is 0.696. The summed E-state index contributed by atoms with van der Waals surface area (Å²) in [5, 5.41) is 5.80. The molecule has 4 nitrogen and oxygen atoms in total. The number of rotatable bonds is 6. The van der Waals surface area contributed by atoms with Crippen molar-refractivity contribution in [3.05, 3.63) is 54.1 Å². The van der Waals surface area contributed by atoms with Crippen molar-refractivity contribution in [3.8, 4) is 0 Å². The molecule has 0 unspecified atom stereocenters. The zero-order valence-corrected chi connectivity index (χ0v) is 16.6. The fraction of sp³-hybridized carbons (Fsp3) is 0.333. The first-order chi connectivity index (χ1) is 12.2. The van der Waals surface area contributed by atoms with Crippen molar-refractivity contribution in [2.24, 2.45) is 5.41 Å². The summed E-state index contributed by atoms with van der Waals surface area (Å²) >= 11 is 1.46. The van der Waals surface area contributed by atoms with E-state index < -0.39 is 0 Å². The van der Waals surface area contributed by atoms with Gasteiger partial charge >= 0.3 is 0 Å². The SMILES string of the molecule is Cc1cccc(NC(=O)CSc2ccc(NC(=O)CC(C)(C)C)cc2)c1. The molecule has 2 aromatic rings. The molecule has 0 saturated carbocycles. The molecule has 0 aliphatic heterocycles. The second-order valence-electron chi connectivity index (χ2n) is 7.52. The van der Waals surface area contributed by atoms with E-state index in [2.05, 4.69) is 10.6 Å². The summed E-state index contributed by atoms with van der Waals surface area (Å²) in [6.07, 6.45) is 0.475. The molecule has 0 aliphatic rings. The first-order valence-electron chi connectivity index (χ1n) is 8.60. The van der Waals surface area contributed by atoms with Crippen LogP contribution in [0.15, 0.2) is 53.4 Å². The molecule has 2 rings (SSSR count). The monoisotopic (exact) mass is 370 g/mol. The van der Waals surface area contributed by atoms with Gasteiger partial charge in [-0.3, -0.25) is 9.59 Å². The van der Waals surface area contributed by atoms with Crippen LogP contribution >= 0.6 is 11.8 Å². The van der Waals surface area contributed by atoms with Gasteiger partial charge in [0.1, 0.15) is 0 Å². The highest BCUT2D eigenvalue weighted by molar-refractivity contribution is 8.00. The second kappa shape index (κ2) is 8.90. The Balaban J connectivity index is 1.81. The molecule has 2 N–H and O–H groups in total. The summed E-state index contributed by atoms with van der Waals surface area (Å²) in [5.74, 6) is 0.308. The number of hydrogen-bond donors (Lipinski definition) is 2. The summed E-state index contributed by atoms with van der Waals surface area (Å²) in [6, 6.07) is 15.3.